The molecule has 1 aromatic rings. The van der Waals surface area contributed by atoms with Crippen LogP contribution in [-0.2, 0) is 16.0 Å². The zero-order chi connectivity index (χ0) is 26.8. The van der Waals surface area contributed by atoms with Gasteiger partial charge in [0.1, 0.15) is 24.4 Å². The number of benzene rings is 1. The number of ether oxygens (including phenoxy) is 4. The summed E-state index contributed by atoms with van der Waals surface area (Å²) in [6, 6.07) is 0. The molecule has 0 unspecified atom stereocenters. The number of carbonyl (C=O) groups excluding carboxylic acids is 1. The van der Waals surface area contributed by atoms with Crippen LogP contribution < -0.4 is 48.9 Å². The Balaban J connectivity index is 0.00000684. The van der Waals surface area contributed by atoms with Crippen LogP contribution in [0.4, 0.5) is 0 Å². The van der Waals surface area contributed by atoms with Crippen LogP contribution in [0.3, 0.4) is 0 Å². The first-order valence-corrected chi connectivity index (χ1v) is 12.3. The van der Waals surface area contributed by atoms with Crippen molar-refractivity contribution in [1.29, 1.82) is 0 Å². The van der Waals surface area contributed by atoms with Crippen molar-refractivity contribution in [3.8, 4) is 23.0 Å². The molecule has 0 amide bonds. The first-order valence-electron chi connectivity index (χ1n) is 12.3. The van der Waals surface area contributed by atoms with Gasteiger partial charge in [0.2, 0.25) is 17.8 Å². The molecule has 0 saturated carbocycles. The van der Waals surface area contributed by atoms with Crippen molar-refractivity contribution in [2.24, 2.45) is 0 Å². The molecule has 206 valence electrons. The van der Waals surface area contributed by atoms with Gasteiger partial charge in [0.05, 0.1) is 20.2 Å². The average molecular weight is 539 g/mol. The molecule has 1 fully saturated rings. The van der Waals surface area contributed by atoms with E-state index in [0.29, 0.717) is 17.5 Å². The quantitative estimate of drug-likeness (QED) is 0.116. The molecule has 0 aromatic heterocycles. The minimum Gasteiger partial charge on any atom is -0.547 e. The molecule has 1 aromatic carbocycles. The summed E-state index contributed by atoms with van der Waals surface area (Å²) >= 11 is 0. The molecule has 37 heavy (non-hydrogen) atoms. The number of phenols is 1. The first kappa shape index (κ1) is 33.7. The summed E-state index contributed by atoms with van der Waals surface area (Å²) in [6.45, 7) is 1.90. The van der Waals surface area contributed by atoms with E-state index in [1.165, 1.54) is 14.2 Å². The monoisotopic (exact) mass is 538 g/mol. The van der Waals surface area contributed by atoms with Gasteiger partial charge in [-0.25, -0.2) is 0 Å². The molecule has 1 saturated heterocycles. The zero-order valence-corrected chi connectivity index (χ0v) is 24.1. The van der Waals surface area contributed by atoms with E-state index >= 15 is 0 Å². The number of phenolic OH excluding ortho intramolecular Hbond substituents is 1. The Morgan fingerprint density at radius 2 is 1.41 bits per heavy atom. The van der Waals surface area contributed by atoms with E-state index in [-0.39, 0.29) is 59.2 Å². The third kappa shape index (κ3) is 8.59. The number of unbranched alkanes of at least 4 members (excludes halogenated alkanes) is 7. The van der Waals surface area contributed by atoms with Gasteiger partial charge in [-0.05, 0) is 26.2 Å². The van der Waals surface area contributed by atoms with Gasteiger partial charge in [-0.3, -0.25) is 0 Å². The van der Waals surface area contributed by atoms with Gasteiger partial charge < -0.3 is 54.4 Å². The molecule has 0 spiro atoms. The molecule has 0 aliphatic carbocycles. The van der Waals surface area contributed by atoms with E-state index in [1.54, 1.807) is 6.92 Å². The van der Waals surface area contributed by atoms with Crippen molar-refractivity contribution < 1.29 is 83.9 Å². The predicted octanol–water partition coefficient (Wildman–Crippen LogP) is -2.69. The van der Waals surface area contributed by atoms with Gasteiger partial charge in [-0.2, -0.15) is 0 Å². The molecule has 2 rings (SSSR count). The van der Waals surface area contributed by atoms with Crippen molar-refractivity contribution in [3.05, 3.63) is 11.1 Å². The van der Waals surface area contributed by atoms with Crippen LogP contribution in [0.2, 0.25) is 0 Å². The van der Waals surface area contributed by atoms with Crippen LogP contribution >= 0.6 is 0 Å². The van der Waals surface area contributed by atoms with Crippen LogP contribution in [0.15, 0.2) is 0 Å². The molecule has 11 nitrogen and oxygen atoms in total. The normalized spacial score (nSPS) is 23.3. The number of carbonyl (C=O) groups is 1. The van der Waals surface area contributed by atoms with Crippen LogP contribution in [-0.4, -0.2) is 83.0 Å². The number of carboxylic acid groups (broad SMARTS) is 1. The van der Waals surface area contributed by atoms with Crippen molar-refractivity contribution in [2.75, 3.05) is 20.8 Å². The average Bonchev–Trinajstić information content (AvgIpc) is 2.85. The summed E-state index contributed by atoms with van der Waals surface area (Å²) in [4.78, 5) is 11.3. The van der Waals surface area contributed by atoms with E-state index in [0.717, 1.165) is 51.4 Å². The van der Waals surface area contributed by atoms with E-state index in [2.05, 4.69) is 0 Å². The number of hydrogen-bond acceptors (Lipinski definition) is 11. The maximum Gasteiger partial charge on any atom is 1.00 e. The van der Waals surface area contributed by atoms with Crippen molar-refractivity contribution in [1.82, 2.24) is 0 Å². The van der Waals surface area contributed by atoms with Gasteiger partial charge in [-0.1, -0.05) is 38.5 Å². The number of aliphatic hydroxyl groups is 4. The number of rotatable bonds is 15. The Bertz CT molecular complexity index is 851. The third-order valence-corrected chi connectivity index (χ3v) is 6.49. The number of aliphatic hydroxyl groups excluding tert-OH is 4. The molecule has 5 N–H and O–H groups in total. The van der Waals surface area contributed by atoms with Gasteiger partial charge in [0.25, 0.3) is 0 Å². The summed E-state index contributed by atoms with van der Waals surface area (Å²) in [7, 11) is 2.67. The minimum atomic E-state index is -1.93. The minimum absolute atomic E-state index is 0. The molecule has 1 aliphatic rings. The maximum atomic E-state index is 11.3. The molecular formula is C25H39NaO11. The number of aliphatic carboxylic acids is 1. The smallest absolute Gasteiger partial charge is 0.547 e. The Morgan fingerprint density at radius 3 is 1.92 bits per heavy atom. The topological polar surface area (TPSA) is 178 Å². The maximum absolute atomic E-state index is 11.3. The standard InChI is InChI=1S/C25H40O11.Na/c1-14-15(12-10-8-6-4-5-7-9-11-13-26)16(27)21(33-2)23(34-3)20(14)35-25-19(30)17(28)18(29)22(36-25)24(31)32;/h17-19,22,25-30H,4-13H2,1-3H3,(H,31,32);/q;+1/p-1/t17-,18-,19+,22-,25+;/m0./s1. The van der Waals surface area contributed by atoms with Gasteiger partial charge >= 0.3 is 29.6 Å². The van der Waals surface area contributed by atoms with Crippen LogP contribution in [0, 0.1) is 6.92 Å². The molecule has 5 atom stereocenters. The molecule has 0 bridgehead atoms. The fourth-order valence-electron chi connectivity index (χ4n) is 4.39. The molecular weight excluding hydrogens is 499 g/mol. The second kappa shape index (κ2) is 16.6. The zero-order valence-electron chi connectivity index (χ0n) is 22.1. The summed E-state index contributed by atoms with van der Waals surface area (Å²) in [5, 5.41) is 61.4. The predicted molar refractivity (Wildman–Crippen MR) is 126 cm³/mol. The van der Waals surface area contributed by atoms with Crippen LogP contribution in [0.5, 0.6) is 23.0 Å². The summed E-state index contributed by atoms with van der Waals surface area (Å²) in [6.07, 6.45) is -0.769. The first-order chi connectivity index (χ1) is 17.2. The van der Waals surface area contributed by atoms with E-state index in [4.69, 9.17) is 24.1 Å². The number of hydrogen-bond donors (Lipinski definition) is 5. The molecule has 1 aliphatic heterocycles. The summed E-state index contributed by atoms with van der Waals surface area (Å²) in [5.74, 6) is -1.85. The third-order valence-electron chi connectivity index (χ3n) is 6.49. The SMILES string of the molecule is COc1c(O)c(CCCCCCCCCCO)c(C)c(O[C@@H]2O[C@H](C(=O)[O-])[C@@H](O)[C@H](O)[C@H]2O)c1OC.[Na+]. The van der Waals surface area contributed by atoms with Crippen molar-refractivity contribution >= 4 is 5.97 Å². The number of aromatic hydroxyl groups is 1. The Morgan fingerprint density at radius 1 is 0.865 bits per heavy atom. The second-order valence-corrected chi connectivity index (χ2v) is 8.98. The van der Waals surface area contributed by atoms with E-state index in [9.17, 15) is 30.3 Å². The number of methoxy groups -OCH3 is 2. The van der Waals surface area contributed by atoms with Crippen molar-refractivity contribution in [2.45, 2.75) is 95.4 Å². The van der Waals surface area contributed by atoms with E-state index in [1.807, 2.05) is 0 Å². The number of carboxylic acids is 1. The molecule has 1 heterocycles. The molecule has 12 heteroatoms. The van der Waals surface area contributed by atoms with Crippen LogP contribution in [0.25, 0.3) is 0 Å². The Hall–Kier alpha value is -1.31. The van der Waals surface area contributed by atoms with Gasteiger partial charge in [0, 0.05) is 17.7 Å². The van der Waals surface area contributed by atoms with E-state index < -0.39 is 36.7 Å². The Labute approximate surface area is 239 Å². The summed E-state index contributed by atoms with van der Waals surface area (Å²) < 4.78 is 21.7. The largest absolute Gasteiger partial charge is 1.00 e. The fraction of sp³-hybridized carbons (Fsp3) is 0.720. The molecule has 0 radical (unpaired) electrons. The van der Waals surface area contributed by atoms with Crippen molar-refractivity contribution in [3.63, 3.8) is 0 Å². The fourth-order valence-corrected chi connectivity index (χ4v) is 4.39. The van der Waals surface area contributed by atoms with Crippen LogP contribution in [0.1, 0.15) is 62.5 Å². The van der Waals surface area contributed by atoms with Gasteiger partial charge in [-0.15, -0.1) is 0 Å². The Kier molecular flexibility index (Phi) is 15.1. The summed E-state index contributed by atoms with van der Waals surface area (Å²) in [5.41, 5.74) is 1.00. The van der Waals surface area contributed by atoms with Gasteiger partial charge in [0.15, 0.2) is 11.5 Å². The second-order valence-electron chi connectivity index (χ2n) is 8.98.